The van der Waals surface area contributed by atoms with Gasteiger partial charge in [0.25, 0.3) is 0 Å². The van der Waals surface area contributed by atoms with E-state index in [4.69, 9.17) is 16.3 Å². The van der Waals surface area contributed by atoms with Crippen LogP contribution in [0.2, 0.25) is 5.02 Å². The molecule has 29 heavy (non-hydrogen) atoms. The Balaban J connectivity index is 1.66. The third-order valence-electron chi connectivity index (χ3n) is 5.41. The maximum atomic E-state index is 13.2. The third-order valence-corrected chi connectivity index (χ3v) is 7.41. The molecule has 2 saturated heterocycles. The van der Waals surface area contributed by atoms with Crippen molar-refractivity contribution in [3.63, 3.8) is 0 Å². The molecule has 0 aromatic heterocycles. The van der Waals surface area contributed by atoms with Gasteiger partial charge in [0.05, 0.1) is 36.2 Å². The van der Waals surface area contributed by atoms with E-state index in [-0.39, 0.29) is 35.8 Å². The van der Waals surface area contributed by atoms with Crippen LogP contribution in [0.5, 0.6) is 5.75 Å². The number of hydrogen-bond donors (Lipinski definition) is 0. The number of sulfone groups is 1. The van der Waals surface area contributed by atoms with Crippen LogP contribution in [0.15, 0.2) is 42.5 Å². The van der Waals surface area contributed by atoms with Crippen LogP contribution in [0.1, 0.15) is 5.56 Å². The van der Waals surface area contributed by atoms with Crippen molar-refractivity contribution in [1.29, 1.82) is 0 Å². The van der Waals surface area contributed by atoms with Crippen molar-refractivity contribution in [2.24, 2.45) is 0 Å². The number of piperazine rings is 1. The first kappa shape index (κ1) is 20.1. The van der Waals surface area contributed by atoms with Crippen molar-refractivity contribution in [3.8, 4) is 5.75 Å². The summed E-state index contributed by atoms with van der Waals surface area (Å²) in [6, 6.07) is 10.1. The van der Waals surface area contributed by atoms with Gasteiger partial charge in [0.15, 0.2) is 9.84 Å². The largest absolute Gasteiger partial charge is 0.495 e. The van der Waals surface area contributed by atoms with E-state index in [2.05, 4.69) is 0 Å². The van der Waals surface area contributed by atoms with Gasteiger partial charge in [-0.1, -0.05) is 23.7 Å². The Hall–Kier alpha value is -2.16. The fraction of sp³-hybridized carbons (Fsp3) is 0.350. The number of methoxy groups -OCH3 is 1. The van der Waals surface area contributed by atoms with Gasteiger partial charge in [-0.15, -0.1) is 0 Å². The van der Waals surface area contributed by atoms with E-state index in [1.807, 2.05) is 4.90 Å². The van der Waals surface area contributed by atoms with E-state index >= 15 is 0 Å². The normalized spacial score (nSPS) is 23.8. The van der Waals surface area contributed by atoms with Gasteiger partial charge in [-0.3, -0.25) is 9.69 Å². The van der Waals surface area contributed by atoms with Gasteiger partial charge >= 0.3 is 0 Å². The van der Waals surface area contributed by atoms with Crippen LogP contribution in [0.25, 0.3) is 0 Å². The summed E-state index contributed by atoms with van der Waals surface area (Å²) in [7, 11) is -1.80. The van der Waals surface area contributed by atoms with Crippen LogP contribution in [0.4, 0.5) is 10.1 Å². The average Bonchev–Trinajstić information content (AvgIpc) is 2.99. The van der Waals surface area contributed by atoms with Crippen LogP contribution in [0, 0.1) is 5.82 Å². The summed E-state index contributed by atoms with van der Waals surface area (Å²) < 4.78 is 43.2. The van der Waals surface area contributed by atoms with Gasteiger partial charge in [-0.2, -0.15) is 0 Å². The molecule has 0 radical (unpaired) electrons. The zero-order chi connectivity index (χ0) is 20.8. The molecule has 2 heterocycles. The molecule has 2 aromatic carbocycles. The highest BCUT2D eigenvalue weighted by atomic mass is 35.5. The Labute approximate surface area is 173 Å². The van der Waals surface area contributed by atoms with Gasteiger partial charge in [-0.05, 0) is 35.9 Å². The van der Waals surface area contributed by atoms with E-state index in [1.54, 1.807) is 35.2 Å². The lowest BCUT2D eigenvalue weighted by Crippen LogP contribution is -2.61. The van der Waals surface area contributed by atoms with Gasteiger partial charge < -0.3 is 9.64 Å². The summed E-state index contributed by atoms with van der Waals surface area (Å²) >= 11 is 6.22. The molecular formula is C20H20ClFN2O4S. The highest BCUT2D eigenvalue weighted by molar-refractivity contribution is 7.91. The predicted molar refractivity (Wildman–Crippen MR) is 109 cm³/mol. The van der Waals surface area contributed by atoms with Crippen LogP contribution < -0.4 is 9.64 Å². The van der Waals surface area contributed by atoms with Crippen molar-refractivity contribution >= 4 is 33.0 Å². The number of carbonyl (C=O) groups excluding carboxylic acids is 1. The molecule has 2 unspecified atom stereocenters. The molecule has 2 aromatic rings. The van der Waals surface area contributed by atoms with Gasteiger partial charge in [0.1, 0.15) is 11.6 Å². The van der Waals surface area contributed by atoms with Crippen LogP contribution in [-0.2, 0) is 21.2 Å². The number of nitrogens with zero attached hydrogens (tertiary/aromatic N) is 2. The maximum absolute atomic E-state index is 13.2. The molecule has 0 bridgehead atoms. The fourth-order valence-corrected chi connectivity index (χ4v) is 6.33. The second-order valence-electron chi connectivity index (χ2n) is 7.33. The minimum absolute atomic E-state index is 0.0213. The topological polar surface area (TPSA) is 66.9 Å². The molecule has 0 aliphatic carbocycles. The van der Waals surface area contributed by atoms with E-state index in [1.165, 1.54) is 19.2 Å². The lowest BCUT2D eigenvalue weighted by atomic mass is 10.0. The molecular weight excluding hydrogens is 419 g/mol. The second kappa shape index (κ2) is 7.59. The van der Waals surface area contributed by atoms with Crippen molar-refractivity contribution in [3.05, 3.63) is 58.9 Å². The van der Waals surface area contributed by atoms with Crippen molar-refractivity contribution in [1.82, 2.24) is 4.90 Å². The summed E-state index contributed by atoms with van der Waals surface area (Å²) in [4.78, 5) is 16.4. The summed E-state index contributed by atoms with van der Waals surface area (Å²) in [5.41, 5.74) is 1.37. The van der Waals surface area contributed by atoms with Crippen molar-refractivity contribution in [2.45, 2.75) is 18.6 Å². The lowest BCUT2D eigenvalue weighted by Gasteiger charge is -2.43. The Morgan fingerprint density at radius 3 is 2.48 bits per heavy atom. The number of anilines is 1. The minimum atomic E-state index is -3.30. The number of carbonyl (C=O) groups is 1. The average molecular weight is 439 g/mol. The zero-order valence-electron chi connectivity index (χ0n) is 15.7. The fourth-order valence-electron chi connectivity index (χ4n) is 4.10. The maximum Gasteiger partial charge on any atom is 0.241 e. The first-order valence-corrected chi connectivity index (χ1v) is 11.3. The molecule has 0 N–H and O–H groups in total. The number of amides is 1. The first-order chi connectivity index (χ1) is 13.8. The molecule has 2 fully saturated rings. The van der Waals surface area contributed by atoms with Gasteiger partial charge in [-0.25, -0.2) is 12.8 Å². The first-order valence-electron chi connectivity index (χ1n) is 9.12. The van der Waals surface area contributed by atoms with E-state index < -0.39 is 15.9 Å². The van der Waals surface area contributed by atoms with Gasteiger partial charge in [0.2, 0.25) is 5.91 Å². The van der Waals surface area contributed by atoms with Gasteiger partial charge in [0, 0.05) is 18.3 Å². The highest BCUT2D eigenvalue weighted by Crippen LogP contribution is 2.35. The summed E-state index contributed by atoms with van der Waals surface area (Å²) in [6.07, 6.45) is 0. The summed E-state index contributed by atoms with van der Waals surface area (Å²) in [6.45, 7) is 0.442. The second-order valence-corrected chi connectivity index (χ2v) is 9.89. The smallest absolute Gasteiger partial charge is 0.241 e. The predicted octanol–water partition coefficient (Wildman–Crippen LogP) is 2.50. The van der Waals surface area contributed by atoms with Crippen molar-refractivity contribution < 1.29 is 22.3 Å². The summed E-state index contributed by atoms with van der Waals surface area (Å²) in [5.74, 6) is -0.188. The number of benzene rings is 2. The minimum Gasteiger partial charge on any atom is -0.495 e. The lowest BCUT2D eigenvalue weighted by molar-refractivity contribution is -0.123. The molecule has 6 nitrogen and oxygen atoms in total. The monoisotopic (exact) mass is 438 g/mol. The standard InChI is InChI=1S/C20H20ClFN2O4S/c1-28-19-7-6-15(8-16(19)21)24-18-12-29(26,27)11-17(18)23(10-20(24)25)9-13-2-4-14(22)5-3-13/h2-8,17-18H,9-12H2,1H3. The number of fused-ring (bicyclic) bond motifs is 1. The Morgan fingerprint density at radius 2 is 1.83 bits per heavy atom. The van der Waals surface area contributed by atoms with Crippen LogP contribution >= 0.6 is 11.6 Å². The van der Waals surface area contributed by atoms with Crippen molar-refractivity contribution in [2.75, 3.05) is 30.1 Å². The molecule has 2 aliphatic heterocycles. The summed E-state index contributed by atoms with van der Waals surface area (Å²) in [5, 5.41) is 0.351. The number of rotatable bonds is 4. The number of halogens is 2. The van der Waals surface area contributed by atoms with E-state index in [0.717, 1.165) is 5.56 Å². The Morgan fingerprint density at radius 1 is 1.14 bits per heavy atom. The SMILES string of the molecule is COc1ccc(N2C(=O)CN(Cc3ccc(F)cc3)C3CS(=O)(=O)CC32)cc1Cl. The molecule has 1 amide bonds. The quantitative estimate of drug-likeness (QED) is 0.733. The molecule has 0 saturated carbocycles. The Bertz CT molecular complexity index is 1040. The third kappa shape index (κ3) is 3.97. The Kier molecular flexibility index (Phi) is 5.27. The molecule has 2 atom stereocenters. The molecule has 0 spiro atoms. The van der Waals surface area contributed by atoms with E-state index in [0.29, 0.717) is 23.0 Å². The molecule has 9 heteroatoms. The molecule has 154 valence electrons. The number of hydrogen-bond acceptors (Lipinski definition) is 5. The highest BCUT2D eigenvalue weighted by Gasteiger charge is 2.49. The molecule has 2 aliphatic rings. The van der Waals surface area contributed by atoms with E-state index in [9.17, 15) is 17.6 Å². The number of ether oxygens (including phenoxy) is 1. The van der Waals surface area contributed by atoms with Crippen LogP contribution in [-0.4, -0.2) is 56.5 Å². The molecule has 4 rings (SSSR count). The van der Waals surface area contributed by atoms with Crippen LogP contribution in [0.3, 0.4) is 0 Å². The zero-order valence-corrected chi connectivity index (χ0v) is 17.3.